The molecule has 140 valence electrons. The fourth-order valence-electron chi connectivity index (χ4n) is 2.75. The highest BCUT2D eigenvalue weighted by molar-refractivity contribution is 8.18. The topological polar surface area (TPSA) is 41.9 Å². The first-order valence-corrected chi connectivity index (χ1v) is 9.86. The van der Waals surface area contributed by atoms with Gasteiger partial charge >= 0.3 is 0 Å². The molecule has 1 amide bonds. The van der Waals surface area contributed by atoms with Crippen molar-refractivity contribution in [2.45, 2.75) is 33.2 Å². The van der Waals surface area contributed by atoms with Crippen LogP contribution in [0.4, 0.5) is 5.69 Å². The van der Waals surface area contributed by atoms with Crippen LogP contribution in [0.5, 0.6) is 5.75 Å². The number of rotatable bonds is 5. The molecule has 5 heteroatoms. The maximum atomic E-state index is 13.0. The van der Waals surface area contributed by atoms with Crippen LogP contribution >= 0.6 is 11.8 Å². The van der Waals surface area contributed by atoms with Gasteiger partial charge in [0, 0.05) is 6.04 Å². The van der Waals surface area contributed by atoms with Crippen LogP contribution in [0, 0.1) is 6.92 Å². The van der Waals surface area contributed by atoms with Gasteiger partial charge in [-0.1, -0.05) is 36.8 Å². The van der Waals surface area contributed by atoms with E-state index in [9.17, 15) is 4.79 Å². The number of aliphatic imine (C=N–C) groups is 1. The number of thioether (sulfide) groups is 1. The van der Waals surface area contributed by atoms with Crippen LogP contribution in [-0.4, -0.2) is 29.1 Å². The quantitative estimate of drug-likeness (QED) is 0.652. The van der Waals surface area contributed by atoms with Crippen molar-refractivity contribution in [1.82, 2.24) is 4.90 Å². The monoisotopic (exact) mass is 380 g/mol. The molecule has 1 heterocycles. The summed E-state index contributed by atoms with van der Waals surface area (Å²) in [5.41, 5.74) is 2.98. The molecule has 1 fully saturated rings. The van der Waals surface area contributed by atoms with Crippen molar-refractivity contribution >= 4 is 34.6 Å². The second-order valence-corrected chi connectivity index (χ2v) is 7.56. The predicted octanol–water partition coefficient (Wildman–Crippen LogP) is 5.41. The van der Waals surface area contributed by atoms with Gasteiger partial charge in [0.05, 0.1) is 17.7 Å². The Hall–Kier alpha value is -2.53. The third-order valence-corrected chi connectivity index (χ3v) is 5.50. The summed E-state index contributed by atoms with van der Waals surface area (Å²) in [6.45, 7) is 6.18. The fraction of sp³-hybridized carbons (Fsp3) is 0.273. The molecule has 2 aromatic carbocycles. The summed E-state index contributed by atoms with van der Waals surface area (Å²) in [5.74, 6) is 0.773. The molecule has 0 aromatic heterocycles. The average molecular weight is 381 g/mol. The number of ether oxygens (including phenoxy) is 1. The van der Waals surface area contributed by atoms with Crippen LogP contribution < -0.4 is 4.74 Å². The van der Waals surface area contributed by atoms with Gasteiger partial charge in [0.2, 0.25) is 0 Å². The van der Waals surface area contributed by atoms with Crippen LogP contribution in [-0.2, 0) is 4.79 Å². The van der Waals surface area contributed by atoms with Gasteiger partial charge in [-0.05, 0) is 67.9 Å². The van der Waals surface area contributed by atoms with Gasteiger partial charge in [0.1, 0.15) is 5.75 Å². The first-order chi connectivity index (χ1) is 13.0. The standard InChI is InChI=1S/C22H24N2O2S/c1-5-16(3)24-21(25)20(14-17-7-6-8-19(13-17)26-4)27-22(24)23-18-11-9-15(2)10-12-18/h6-14,16H,5H2,1-4H3/b20-14+,23-22?/t16-/m0/s1. The largest absolute Gasteiger partial charge is 0.497 e. The molecular formula is C22H24N2O2S. The van der Waals surface area contributed by atoms with Crippen molar-refractivity contribution in [2.75, 3.05) is 7.11 Å². The summed E-state index contributed by atoms with van der Waals surface area (Å²) < 4.78 is 5.28. The molecular weight excluding hydrogens is 356 g/mol. The van der Waals surface area contributed by atoms with Crippen molar-refractivity contribution < 1.29 is 9.53 Å². The summed E-state index contributed by atoms with van der Waals surface area (Å²) in [5, 5.41) is 0.729. The molecule has 2 aromatic rings. The molecule has 27 heavy (non-hydrogen) atoms. The van der Waals surface area contributed by atoms with Crippen LogP contribution in [0.3, 0.4) is 0 Å². The molecule has 3 rings (SSSR count). The van der Waals surface area contributed by atoms with E-state index < -0.39 is 0 Å². The van der Waals surface area contributed by atoms with Crippen LogP contribution in [0.1, 0.15) is 31.4 Å². The minimum absolute atomic E-state index is 0.00281. The summed E-state index contributed by atoms with van der Waals surface area (Å²) >= 11 is 1.42. The zero-order valence-corrected chi connectivity index (χ0v) is 16.9. The smallest absolute Gasteiger partial charge is 0.266 e. The molecule has 0 aliphatic carbocycles. The number of carbonyl (C=O) groups is 1. The molecule has 1 saturated heterocycles. The van der Waals surface area contributed by atoms with Crippen molar-refractivity contribution in [3.05, 3.63) is 64.6 Å². The van der Waals surface area contributed by atoms with E-state index in [0.29, 0.717) is 4.91 Å². The zero-order chi connectivity index (χ0) is 19.4. The van der Waals surface area contributed by atoms with E-state index in [-0.39, 0.29) is 11.9 Å². The van der Waals surface area contributed by atoms with Gasteiger partial charge in [-0.25, -0.2) is 4.99 Å². The average Bonchev–Trinajstić information content (AvgIpc) is 2.98. The van der Waals surface area contributed by atoms with E-state index in [0.717, 1.165) is 28.6 Å². The first-order valence-electron chi connectivity index (χ1n) is 9.04. The molecule has 0 N–H and O–H groups in total. The lowest BCUT2D eigenvalue weighted by Gasteiger charge is -2.22. The number of hydrogen-bond acceptors (Lipinski definition) is 4. The number of amides is 1. The lowest BCUT2D eigenvalue weighted by molar-refractivity contribution is -0.123. The lowest BCUT2D eigenvalue weighted by Crippen LogP contribution is -2.36. The number of methoxy groups -OCH3 is 1. The highest BCUT2D eigenvalue weighted by Crippen LogP contribution is 2.36. The maximum Gasteiger partial charge on any atom is 0.266 e. The molecule has 4 nitrogen and oxygen atoms in total. The highest BCUT2D eigenvalue weighted by Gasteiger charge is 2.36. The number of benzene rings is 2. The third-order valence-electron chi connectivity index (χ3n) is 4.52. The normalized spacial score (nSPS) is 18.4. The van der Waals surface area contributed by atoms with Crippen molar-refractivity contribution in [3.63, 3.8) is 0 Å². The summed E-state index contributed by atoms with van der Waals surface area (Å²) in [6, 6.07) is 15.8. The molecule has 0 bridgehead atoms. The van der Waals surface area contributed by atoms with Crippen LogP contribution in [0.2, 0.25) is 0 Å². The summed E-state index contributed by atoms with van der Waals surface area (Å²) in [4.78, 5) is 20.3. The number of carbonyl (C=O) groups excluding carboxylic acids is 1. The van der Waals surface area contributed by atoms with E-state index in [1.807, 2.05) is 61.5 Å². The van der Waals surface area contributed by atoms with Gasteiger partial charge in [0.15, 0.2) is 5.17 Å². The Morgan fingerprint density at radius 2 is 1.96 bits per heavy atom. The molecule has 0 saturated carbocycles. The Labute approximate surface area is 164 Å². The van der Waals surface area contributed by atoms with Crippen LogP contribution in [0.25, 0.3) is 6.08 Å². The fourth-order valence-corrected chi connectivity index (χ4v) is 3.84. The molecule has 0 spiro atoms. The first kappa shape index (κ1) is 19.2. The van der Waals surface area contributed by atoms with Gasteiger partial charge in [-0.15, -0.1) is 0 Å². The predicted molar refractivity (Wildman–Crippen MR) is 113 cm³/mol. The van der Waals surface area contributed by atoms with E-state index >= 15 is 0 Å². The Morgan fingerprint density at radius 1 is 1.22 bits per heavy atom. The number of amidine groups is 1. The third kappa shape index (κ3) is 4.42. The number of hydrogen-bond donors (Lipinski definition) is 0. The SMILES string of the molecule is CC[C@H](C)N1C(=O)/C(=C\c2cccc(OC)c2)SC1=Nc1ccc(C)cc1. The van der Waals surface area contributed by atoms with E-state index in [1.54, 1.807) is 12.0 Å². The van der Waals surface area contributed by atoms with E-state index in [4.69, 9.17) is 9.73 Å². The minimum atomic E-state index is 0.00281. The van der Waals surface area contributed by atoms with Gasteiger partial charge in [-0.2, -0.15) is 0 Å². The Bertz CT molecular complexity index is 887. The number of nitrogens with zero attached hydrogens (tertiary/aromatic N) is 2. The van der Waals surface area contributed by atoms with Crippen molar-refractivity contribution in [2.24, 2.45) is 4.99 Å². The molecule has 0 radical (unpaired) electrons. The van der Waals surface area contributed by atoms with Gasteiger partial charge < -0.3 is 4.74 Å². The summed E-state index contributed by atoms with van der Waals surface area (Å²) in [6.07, 6.45) is 2.77. The Balaban J connectivity index is 1.97. The second-order valence-electron chi connectivity index (χ2n) is 6.55. The number of aryl methyl sites for hydroxylation is 1. The lowest BCUT2D eigenvalue weighted by atomic mass is 10.2. The molecule has 1 aliphatic rings. The molecule has 1 atom stereocenters. The van der Waals surface area contributed by atoms with E-state index in [1.165, 1.54) is 17.3 Å². The molecule has 1 aliphatic heterocycles. The molecule has 0 unspecified atom stereocenters. The summed E-state index contributed by atoms with van der Waals surface area (Å²) in [7, 11) is 1.64. The highest BCUT2D eigenvalue weighted by atomic mass is 32.2. The maximum absolute atomic E-state index is 13.0. The van der Waals surface area contributed by atoms with Gasteiger partial charge in [0.25, 0.3) is 5.91 Å². The zero-order valence-electron chi connectivity index (χ0n) is 16.1. The van der Waals surface area contributed by atoms with Crippen LogP contribution in [0.15, 0.2) is 58.4 Å². The van der Waals surface area contributed by atoms with Gasteiger partial charge in [-0.3, -0.25) is 9.69 Å². The second kappa shape index (κ2) is 8.44. The Morgan fingerprint density at radius 3 is 2.63 bits per heavy atom. The van der Waals surface area contributed by atoms with Crippen molar-refractivity contribution in [3.8, 4) is 5.75 Å². The van der Waals surface area contributed by atoms with E-state index in [2.05, 4.69) is 13.8 Å². The Kier molecular flexibility index (Phi) is 6.01. The minimum Gasteiger partial charge on any atom is -0.497 e. The van der Waals surface area contributed by atoms with Crippen molar-refractivity contribution in [1.29, 1.82) is 0 Å².